The molecule has 92 valence electrons. The fourth-order valence-corrected chi connectivity index (χ4v) is 2.46. The molecule has 0 amide bonds. The largest absolute Gasteiger partial charge is 0.545 e. The zero-order valence-electron chi connectivity index (χ0n) is 10.2. The first-order chi connectivity index (χ1) is 8.02. The summed E-state index contributed by atoms with van der Waals surface area (Å²) in [6.07, 6.45) is 4.99. The van der Waals surface area contributed by atoms with Crippen molar-refractivity contribution in [2.24, 2.45) is 0 Å². The number of pyridine rings is 1. The van der Waals surface area contributed by atoms with E-state index >= 15 is 0 Å². The topological polar surface area (TPSA) is 62.1 Å². The van der Waals surface area contributed by atoms with Gasteiger partial charge in [0, 0.05) is 23.5 Å². The van der Waals surface area contributed by atoms with Gasteiger partial charge in [0.05, 0.1) is 11.5 Å². The Labute approximate surface area is 99.9 Å². The average Bonchev–Trinajstić information content (AvgIpc) is 2.29. The summed E-state index contributed by atoms with van der Waals surface area (Å²) in [4.78, 5) is 23.0. The molecule has 0 spiro atoms. The molecule has 1 aliphatic rings. The highest BCUT2D eigenvalue weighted by molar-refractivity contribution is 5.85. The molecule has 2 rings (SSSR count). The van der Waals surface area contributed by atoms with Crippen molar-refractivity contribution in [1.29, 1.82) is 0 Å². The van der Waals surface area contributed by atoms with Crippen LogP contribution in [0.15, 0.2) is 11.0 Å². The van der Waals surface area contributed by atoms with E-state index in [-0.39, 0.29) is 17.0 Å². The summed E-state index contributed by atoms with van der Waals surface area (Å²) in [6, 6.07) is 0.153. The number of hydrogen-bond donors (Lipinski definition) is 0. The van der Waals surface area contributed by atoms with Crippen LogP contribution in [-0.2, 0) is 12.8 Å². The van der Waals surface area contributed by atoms with Crippen LogP contribution < -0.4 is 10.5 Å². The Balaban J connectivity index is 2.72. The molecule has 0 N–H and O–H groups in total. The SMILES string of the molecule is CC(C)n1cc(C(=O)[O-])c(=O)c2c1CCCC2. The molecule has 1 aliphatic carbocycles. The summed E-state index contributed by atoms with van der Waals surface area (Å²) in [7, 11) is 0. The number of carbonyl (C=O) groups excluding carboxylic acids is 1. The molecule has 0 aliphatic heterocycles. The van der Waals surface area contributed by atoms with E-state index in [0.717, 1.165) is 25.0 Å². The van der Waals surface area contributed by atoms with Crippen molar-refractivity contribution in [1.82, 2.24) is 4.57 Å². The number of rotatable bonds is 2. The van der Waals surface area contributed by atoms with Crippen LogP contribution >= 0.6 is 0 Å². The number of hydrogen-bond acceptors (Lipinski definition) is 3. The van der Waals surface area contributed by atoms with Crippen LogP contribution in [0, 0.1) is 0 Å². The van der Waals surface area contributed by atoms with E-state index in [1.807, 2.05) is 18.4 Å². The van der Waals surface area contributed by atoms with Crippen molar-refractivity contribution in [2.45, 2.75) is 45.6 Å². The Morgan fingerprint density at radius 1 is 1.35 bits per heavy atom. The van der Waals surface area contributed by atoms with Gasteiger partial charge in [-0.2, -0.15) is 0 Å². The lowest BCUT2D eigenvalue weighted by Crippen LogP contribution is -2.34. The van der Waals surface area contributed by atoms with E-state index in [4.69, 9.17) is 0 Å². The quantitative estimate of drug-likeness (QED) is 0.755. The predicted octanol–water partition coefficient (Wildman–Crippen LogP) is 0.671. The summed E-state index contributed by atoms with van der Waals surface area (Å²) >= 11 is 0. The van der Waals surface area contributed by atoms with Gasteiger partial charge in [-0.1, -0.05) is 0 Å². The monoisotopic (exact) mass is 234 g/mol. The second-order valence-corrected chi connectivity index (χ2v) is 4.79. The van der Waals surface area contributed by atoms with Crippen LogP contribution in [0.2, 0.25) is 0 Å². The van der Waals surface area contributed by atoms with Crippen molar-refractivity contribution in [3.8, 4) is 0 Å². The third kappa shape index (κ3) is 1.99. The van der Waals surface area contributed by atoms with E-state index in [0.29, 0.717) is 12.0 Å². The fraction of sp³-hybridized carbons (Fsp3) is 0.538. The molecule has 0 radical (unpaired) electrons. The van der Waals surface area contributed by atoms with Crippen molar-refractivity contribution >= 4 is 5.97 Å². The summed E-state index contributed by atoms with van der Waals surface area (Å²) in [5, 5.41) is 11.0. The molecule has 17 heavy (non-hydrogen) atoms. The molecule has 0 saturated carbocycles. The molecular formula is C13H16NO3-. The number of nitrogens with zero attached hydrogens (tertiary/aromatic N) is 1. The fourth-order valence-electron chi connectivity index (χ4n) is 2.46. The van der Waals surface area contributed by atoms with Crippen LogP contribution in [0.4, 0.5) is 0 Å². The maximum atomic E-state index is 12.0. The average molecular weight is 234 g/mol. The van der Waals surface area contributed by atoms with Gasteiger partial charge >= 0.3 is 0 Å². The van der Waals surface area contributed by atoms with E-state index in [1.54, 1.807) is 0 Å². The van der Waals surface area contributed by atoms with E-state index in [9.17, 15) is 14.7 Å². The standard InChI is InChI=1S/C13H17NO3/c1-8(2)14-7-10(13(16)17)12(15)9-5-3-4-6-11(9)14/h7-8H,3-6H2,1-2H3,(H,16,17)/p-1. The lowest BCUT2D eigenvalue weighted by atomic mass is 9.93. The molecular weight excluding hydrogens is 218 g/mol. The highest BCUT2D eigenvalue weighted by atomic mass is 16.4. The van der Waals surface area contributed by atoms with Crippen LogP contribution in [-0.4, -0.2) is 10.5 Å². The lowest BCUT2D eigenvalue weighted by molar-refractivity contribution is -0.255. The smallest absolute Gasteiger partial charge is 0.194 e. The molecule has 0 atom stereocenters. The predicted molar refractivity (Wildman–Crippen MR) is 62.1 cm³/mol. The highest BCUT2D eigenvalue weighted by Gasteiger charge is 2.19. The molecule has 0 unspecified atom stereocenters. The summed E-state index contributed by atoms with van der Waals surface area (Å²) in [6.45, 7) is 3.97. The van der Waals surface area contributed by atoms with Gasteiger partial charge in [0.15, 0.2) is 5.43 Å². The minimum atomic E-state index is -1.38. The summed E-state index contributed by atoms with van der Waals surface area (Å²) < 4.78 is 1.90. The van der Waals surface area contributed by atoms with Gasteiger partial charge in [-0.05, 0) is 39.5 Å². The first-order valence-electron chi connectivity index (χ1n) is 6.00. The molecule has 0 saturated heterocycles. The minimum Gasteiger partial charge on any atom is -0.545 e. The Morgan fingerprint density at radius 3 is 2.59 bits per heavy atom. The maximum Gasteiger partial charge on any atom is 0.194 e. The molecule has 1 aromatic rings. The second-order valence-electron chi connectivity index (χ2n) is 4.79. The summed E-state index contributed by atoms with van der Waals surface area (Å²) in [5.74, 6) is -1.38. The van der Waals surface area contributed by atoms with Crippen LogP contribution in [0.3, 0.4) is 0 Å². The number of carboxylic acids is 1. The second kappa shape index (κ2) is 4.35. The molecule has 0 fully saturated rings. The lowest BCUT2D eigenvalue weighted by Gasteiger charge is -2.25. The van der Waals surface area contributed by atoms with Gasteiger partial charge in [-0.15, -0.1) is 0 Å². The van der Waals surface area contributed by atoms with Gasteiger partial charge in [0.1, 0.15) is 0 Å². The zero-order valence-corrected chi connectivity index (χ0v) is 10.2. The molecule has 1 heterocycles. The summed E-state index contributed by atoms with van der Waals surface area (Å²) in [5.41, 5.74) is 1.11. The van der Waals surface area contributed by atoms with Crippen LogP contribution in [0.5, 0.6) is 0 Å². The van der Waals surface area contributed by atoms with Gasteiger partial charge in [0.25, 0.3) is 0 Å². The van der Waals surface area contributed by atoms with Crippen molar-refractivity contribution in [3.63, 3.8) is 0 Å². The van der Waals surface area contributed by atoms with Crippen LogP contribution in [0.25, 0.3) is 0 Å². The minimum absolute atomic E-state index is 0.153. The molecule has 0 bridgehead atoms. The third-order valence-electron chi connectivity index (χ3n) is 3.31. The van der Waals surface area contributed by atoms with Crippen molar-refractivity contribution in [2.75, 3.05) is 0 Å². The Bertz CT molecular complexity index is 514. The first-order valence-corrected chi connectivity index (χ1v) is 6.00. The molecule has 1 aromatic heterocycles. The van der Waals surface area contributed by atoms with Gasteiger partial charge in [-0.3, -0.25) is 4.79 Å². The van der Waals surface area contributed by atoms with E-state index < -0.39 is 5.97 Å². The number of carbonyl (C=O) groups is 1. The number of aromatic carboxylic acids is 1. The van der Waals surface area contributed by atoms with Gasteiger partial charge < -0.3 is 14.5 Å². The molecule has 4 nitrogen and oxygen atoms in total. The van der Waals surface area contributed by atoms with E-state index in [1.165, 1.54) is 6.20 Å². The molecule has 4 heteroatoms. The molecule has 0 aromatic carbocycles. The van der Waals surface area contributed by atoms with Crippen molar-refractivity contribution in [3.05, 3.63) is 33.2 Å². The Morgan fingerprint density at radius 2 is 2.00 bits per heavy atom. The number of carboxylic acid groups (broad SMARTS) is 1. The van der Waals surface area contributed by atoms with Crippen molar-refractivity contribution < 1.29 is 9.90 Å². The Hall–Kier alpha value is -1.58. The van der Waals surface area contributed by atoms with Crippen LogP contribution in [0.1, 0.15) is 54.3 Å². The van der Waals surface area contributed by atoms with Gasteiger partial charge in [-0.25, -0.2) is 0 Å². The normalized spacial score (nSPS) is 14.8. The third-order valence-corrected chi connectivity index (χ3v) is 3.31. The van der Waals surface area contributed by atoms with E-state index in [2.05, 4.69) is 0 Å². The maximum absolute atomic E-state index is 12.0. The highest BCUT2D eigenvalue weighted by Crippen LogP contribution is 2.21. The zero-order chi connectivity index (χ0) is 12.6. The van der Waals surface area contributed by atoms with Gasteiger partial charge in [0.2, 0.25) is 0 Å². The number of fused-ring (bicyclic) bond motifs is 1. The first kappa shape index (κ1) is 11.9. The number of aromatic nitrogens is 1. The Kier molecular flexibility index (Phi) is 3.05.